The van der Waals surface area contributed by atoms with Crippen LogP contribution in [0.2, 0.25) is 5.02 Å². The average Bonchev–Trinajstić information content (AvgIpc) is 3.21. The molecule has 6 heteroatoms. The van der Waals surface area contributed by atoms with E-state index in [2.05, 4.69) is 17.9 Å². The molecule has 148 valence electrons. The van der Waals surface area contributed by atoms with Gasteiger partial charge in [0.2, 0.25) is 5.88 Å². The second kappa shape index (κ2) is 8.52. The summed E-state index contributed by atoms with van der Waals surface area (Å²) < 4.78 is 8.00. The van der Waals surface area contributed by atoms with Crippen molar-refractivity contribution >= 4 is 22.5 Å². The first kappa shape index (κ1) is 19.2. The number of halogens is 1. The highest BCUT2D eigenvalue weighted by molar-refractivity contribution is 6.30. The molecule has 5 nitrogen and oxygen atoms in total. The fourth-order valence-corrected chi connectivity index (χ4v) is 4.01. The number of hydrogen-bond acceptors (Lipinski definition) is 4. The molecular weight excluding hydrogens is 374 g/mol. The molecule has 1 saturated heterocycles. The van der Waals surface area contributed by atoms with E-state index in [-0.39, 0.29) is 6.23 Å². The summed E-state index contributed by atoms with van der Waals surface area (Å²) in [6, 6.07) is 16.4. The van der Waals surface area contributed by atoms with Crippen molar-refractivity contribution in [3.63, 3.8) is 0 Å². The van der Waals surface area contributed by atoms with Gasteiger partial charge in [0.05, 0.1) is 24.1 Å². The number of likely N-dealkylation sites (tertiary alicyclic amines) is 1. The van der Waals surface area contributed by atoms with Crippen LogP contribution in [-0.2, 0) is 6.54 Å². The van der Waals surface area contributed by atoms with E-state index in [4.69, 9.17) is 21.4 Å². The normalized spacial score (nSPS) is 20.1. The molecule has 0 bridgehead atoms. The van der Waals surface area contributed by atoms with Gasteiger partial charge in [0.1, 0.15) is 6.23 Å². The summed E-state index contributed by atoms with van der Waals surface area (Å²) in [5.74, 6) is 0.666. The predicted molar refractivity (Wildman–Crippen MR) is 112 cm³/mol. The Kier molecular flexibility index (Phi) is 5.85. The SMILES string of the molecule is C[C@@H]1CC[C@H](O)N1CCCOc1nn(Cc2ccc(Cl)cc2)c2ccccc12. The highest BCUT2D eigenvalue weighted by Crippen LogP contribution is 2.26. The van der Waals surface area contributed by atoms with Gasteiger partial charge in [0.25, 0.3) is 0 Å². The zero-order valence-corrected chi connectivity index (χ0v) is 16.8. The van der Waals surface area contributed by atoms with E-state index in [1.165, 1.54) is 0 Å². The van der Waals surface area contributed by atoms with E-state index in [1.807, 2.05) is 47.1 Å². The first-order chi connectivity index (χ1) is 13.6. The Morgan fingerprint density at radius 2 is 1.93 bits per heavy atom. The Hall–Kier alpha value is -2.08. The predicted octanol–water partition coefficient (Wildman–Crippen LogP) is 4.31. The van der Waals surface area contributed by atoms with Crippen molar-refractivity contribution in [3.05, 3.63) is 59.1 Å². The van der Waals surface area contributed by atoms with Crippen LogP contribution in [0.4, 0.5) is 0 Å². The minimum Gasteiger partial charge on any atom is -0.476 e. The lowest BCUT2D eigenvalue weighted by Crippen LogP contribution is -2.35. The van der Waals surface area contributed by atoms with Crippen molar-refractivity contribution in [2.24, 2.45) is 0 Å². The Morgan fingerprint density at radius 1 is 1.14 bits per heavy atom. The molecule has 0 amide bonds. The molecule has 1 aliphatic rings. The van der Waals surface area contributed by atoms with Crippen LogP contribution in [-0.4, -0.2) is 45.2 Å². The van der Waals surface area contributed by atoms with Gasteiger partial charge in [-0.05, 0) is 56.0 Å². The minimum atomic E-state index is -0.311. The van der Waals surface area contributed by atoms with Crippen LogP contribution in [0.1, 0.15) is 31.7 Å². The highest BCUT2D eigenvalue weighted by Gasteiger charge is 2.28. The lowest BCUT2D eigenvalue weighted by atomic mass is 10.2. The van der Waals surface area contributed by atoms with E-state index >= 15 is 0 Å². The van der Waals surface area contributed by atoms with Gasteiger partial charge in [0, 0.05) is 17.6 Å². The monoisotopic (exact) mass is 399 g/mol. The molecule has 2 atom stereocenters. The van der Waals surface area contributed by atoms with E-state index in [1.54, 1.807) is 0 Å². The molecule has 0 radical (unpaired) electrons. The molecule has 1 aromatic heterocycles. The van der Waals surface area contributed by atoms with Gasteiger partial charge in [-0.3, -0.25) is 9.58 Å². The van der Waals surface area contributed by atoms with E-state index in [0.717, 1.165) is 47.3 Å². The fraction of sp³-hybridized carbons (Fsp3) is 0.409. The second-order valence-electron chi connectivity index (χ2n) is 7.45. The summed E-state index contributed by atoms with van der Waals surface area (Å²) in [7, 11) is 0. The number of para-hydroxylation sites is 1. The lowest BCUT2D eigenvalue weighted by Gasteiger charge is -2.24. The van der Waals surface area contributed by atoms with Crippen molar-refractivity contribution in [1.82, 2.24) is 14.7 Å². The molecule has 1 fully saturated rings. The molecule has 1 N–H and O–H groups in total. The minimum absolute atomic E-state index is 0.311. The van der Waals surface area contributed by atoms with Gasteiger partial charge < -0.3 is 9.84 Å². The lowest BCUT2D eigenvalue weighted by molar-refractivity contribution is 0.0179. The number of hydrogen-bond donors (Lipinski definition) is 1. The number of nitrogens with zero attached hydrogens (tertiary/aromatic N) is 3. The average molecular weight is 400 g/mol. The topological polar surface area (TPSA) is 50.5 Å². The zero-order chi connectivity index (χ0) is 19.5. The summed E-state index contributed by atoms with van der Waals surface area (Å²) in [4.78, 5) is 2.15. The van der Waals surface area contributed by atoms with E-state index in [9.17, 15) is 5.11 Å². The van der Waals surface area contributed by atoms with Crippen LogP contribution in [0.3, 0.4) is 0 Å². The Morgan fingerprint density at radius 3 is 2.68 bits per heavy atom. The van der Waals surface area contributed by atoms with Gasteiger partial charge in [-0.1, -0.05) is 35.9 Å². The van der Waals surface area contributed by atoms with Crippen LogP contribution in [0.5, 0.6) is 5.88 Å². The maximum absolute atomic E-state index is 10.0. The molecule has 1 aliphatic heterocycles. The number of aliphatic hydroxyl groups excluding tert-OH is 1. The summed E-state index contributed by atoms with van der Waals surface area (Å²) >= 11 is 5.99. The molecule has 0 saturated carbocycles. The third-order valence-corrected chi connectivity index (χ3v) is 5.71. The van der Waals surface area contributed by atoms with Crippen LogP contribution in [0.25, 0.3) is 10.9 Å². The van der Waals surface area contributed by atoms with Crippen molar-refractivity contribution in [2.45, 2.75) is 45.0 Å². The quantitative estimate of drug-likeness (QED) is 0.601. The molecule has 3 aromatic rings. The number of fused-ring (bicyclic) bond motifs is 1. The zero-order valence-electron chi connectivity index (χ0n) is 16.1. The van der Waals surface area contributed by atoms with Crippen LogP contribution >= 0.6 is 11.6 Å². The first-order valence-electron chi connectivity index (χ1n) is 9.88. The van der Waals surface area contributed by atoms with Gasteiger partial charge >= 0.3 is 0 Å². The third-order valence-electron chi connectivity index (χ3n) is 5.46. The number of aromatic nitrogens is 2. The summed E-state index contributed by atoms with van der Waals surface area (Å²) in [5, 5.41) is 16.5. The molecular formula is C22H26ClN3O2. The fourth-order valence-electron chi connectivity index (χ4n) is 3.89. The molecule has 2 heterocycles. The van der Waals surface area contributed by atoms with Gasteiger partial charge in [-0.15, -0.1) is 5.10 Å². The van der Waals surface area contributed by atoms with Crippen molar-refractivity contribution in [3.8, 4) is 5.88 Å². The van der Waals surface area contributed by atoms with Crippen molar-refractivity contribution in [2.75, 3.05) is 13.2 Å². The third kappa shape index (κ3) is 4.17. The van der Waals surface area contributed by atoms with Crippen LogP contribution < -0.4 is 4.74 Å². The van der Waals surface area contributed by atoms with Gasteiger partial charge in [-0.2, -0.15) is 0 Å². The summed E-state index contributed by atoms with van der Waals surface area (Å²) in [5.41, 5.74) is 2.19. The number of aliphatic hydroxyl groups is 1. The van der Waals surface area contributed by atoms with Crippen molar-refractivity contribution in [1.29, 1.82) is 0 Å². The molecule has 0 aliphatic carbocycles. The molecule has 0 spiro atoms. The first-order valence-corrected chi connectivity index (χ1v) is 10.3. The van der Waals surface area contributed by atoms with Crippen LogP contribution in [0, 0.1) is 0 Å². The maximum Gasteiger partial charge on any atom is 0.240 e. The smallest absolute Gasteiger partial charge is 0.240 e. The number of rotatable bonds is 7. The van der Waals surface area contributed by atoms with E-state index < -0.39 is 0 Å². The summed E-state index contributed by atoms with van der Waals surface area (Å²) in [6.45, 7) is 4.26. The molecule has 28 heavy (non-hydrogen) atoms. The van der Waals surface area contributed by atoms with Gasteiger partial charge in [-0.25, -0.2) is 0 Å². The Balaban J connectivity index is 1.43. The molecule has 0 unspecified atom stereocenters. The Labute approximate surface area is 170 Å². The number of ether oxygens (including phenoxy) is 1. The highest BCUT2D eigenvalue weighted by atomic mass is 35.5. The standard InChI is InChI=1S/C22H26ClN3O2/c1-16-7-12-21(27)25(16)13-4-14-28-22-19-5-2-3-6-20(19)26(24-22)15-17-8-10-18(23)11-9-17/h2-3,5-6,8-11,16,21,27H,4,7,12-15H2,1H3/t16-,21+/m1/s1. The van der Waals surface area contributed by atoms with Crippen LogP contribution in [0.15, 0.2) is 48.5 Å². The van der Waals surface area contributed by atoms with Crippen molar-refractivity contribution < 1.29 is 9.84 Å². The molecule has 4 rings (SSSR count). The maximum atomic E-state index is 10.0. The van der Waals surface area contributed by atoms with E-state index in [0.29, 0.717) is 25.1 Å². The Bertz CT molecular complexity index is 915. The van der Waals surface area contributed by atoms with Gasteiger partial charge in [0.15, 0.2) is 0 Å². The second-order valence-corrected chi connectivity index (χ2v) is 7.89. The largest absolute Gasteiger partial charge is 0.476 e. The summed E-state index contributed by atoms with van der Waals surface area (Å²) in [6.07, 6.45) is 2.47. The molecule has 2 aromatic carbocycles. The number of benzene rings is 2.